The Morgan fingerprint density at radius 1 is 0.929 bits per heavy atom. The largest absolute Gasteiger partial charge is 0.496 e. The van der Waals surface area contributed by atoms with Gasteiger partial charge in [-0.2, -0.15) is 0 Å². The lowest BCUT2D eigenvalue weighted by atomic mass is 10.2. The van der Waals surface area contributed by atoms with E-state index in [0.717, 1.165) is 33.6 Å². The molecular weight excluding hydrogens is 368 g/mol. The smallest absolute Gasteiger partial charge is 0.192 e. The Labute approximate surface area is 168 Å². The number of nitrogens with zero attached hydrogens (tertiary/aromatic N) is 4. The molecule has 0 unspecified atom stereocenters. The molecule has 4 rings (SSSR count). The fraction of sp³-hybridized carbons (Fsp3) is 0.136. The summed E-state index contributed by atoms with van der Waals surface area (Å²) in [6, 6.07) is 22.3. The molecule has 5 nitrogen and oxygen atoms in total. The lowest BCUT2D eigenvalue weighted by molar-refractivity contribution is 0.411. The van der Waals surface area contributed by atoms with Gasteiger partial charge in [0.25, 0.3) is 0 Å². The molecule has 0 spiro atoms. The average Bonchev–Trinajstić information content (AvgIpc) is 3.16. The van der Waals surface area contributed by atoms with Gasteiger partial charge in [0.2, 0.25) is 0 Å². The molecule has 0 aliphatic heterocycles. The molecule has 0 atom stereocenters. The lowest BCUT2D eigenvalue weighted by Crippen LogP contribution is -2.04. The van der Waals surface area contributed by atoms with Crippen LogP contribution in [0, 0.1) is 0 Å². The second-order valence-corrected chi connectivity index (χ2v) is 7.16. The average molecular weight is 388 g/mol. The number of hydrogen-bond acceptors (Lipinski definition) is 5. The van der Waals surface area contributed by atoms with Gasteiger partial charge in [0.15, 0.2) is 11.0 Å². The topological polar surface area (TPSA) is 52.8 Å². The highest BCUT2D eigenvalue weighted by Crippen LogP contribution is 2.29. The summed E-state index contributed by atoms with van der Waals surface area (Å²) in [5.74, 6) is 2.46. The number of para-hydroxylation sites is 1. The van der Waals surface area contributed by atoms with Crippen molar-refractivity contribution in [1.29, 1.82) is 0 Å². The Balaban J connectivity index is 1.65. The van der Waals surface area contributed by atoms with Crippen LogP contribution < -0.4 is 4.74 Å². The van der Waals surface area contributed by atoms with Crippen LogP contribution in [0.3, 0.4) is 0 Å². The van der Waals surface area contributed by atoms with Gasteiger partial charge >= 0.3 is 0 Å². The summed E-state index contributed by atoms with van der Waals surface area (Å²) in [7, 11) is 1.70. The van der Waals surface area contributed by atoms with Crippen LogP contribution in [0.4, 0.5) is 0 Å². The quantitative estimate of drug-likeness (QED) is 0.430. The molecule has 0 bridgehead atoms. The number of benzene rings is 2. The number of ether oxygens (including phenoxy) is 1. The Hall–Kier alpha value is -3.12. The SMILES string of the molecule is COc1ccccc1CSc1nnc(-c2cccnc2)n1Cc1ccccc1. The first-order valence-corrected chi connectivity index (χ1v) is 9.96. The number of methoxy groups -OCH3 is 1. The first-order valence-electron chi connectivity index (χ1n) is 8.97. The summed E-state index contributed by atoms with van der Waals surface area (Å²) in [5, 5.41) is 9.79. The molecular formula is C22H20N4OS. The number of aromatic nitrogens is 4. The van der Waals surface area contributed by atoms with Crippen molar-refractivity contribution >= 4 is 11.8 Å². The highest BCUT2D eigenvalue weighted by Gasteiger charge is 2.16. The van der Waals surface area contributed by atoms with Crippen LogP contribution in [-0.2, 0) is 12.3 Å². The van der Waals surface area contributed by atoms with Crippen molar-refractivity contribution in [2.24, 2.45) is 0 Å². The first-order chi connectivity index (χ1) is 13.8. The molecule has 0 aliphatic rings. The molecule has 0 radical (unpaired) electrons. The number of pyridine rings is 1. The number of thioether (sulfide) groups is 1. The predicted octanol–water partition coefficient (Wildman–Crippen LogP) is 4.69. The van der Waals surface area contributed by atoms with Gasteiger partial charge in [0.05, 0.1) is 13.7 Å². The van der Waals surface area contributed by atoms with Crippen LogP contribution in [0.1, 0.15) is 11.1 Å². The van der Waals surface area contributed by atoms with E-state index in [1.807, 2.05) is 54.7 Å². The van der Waals surface area contributed by atoms with E-state index in [1.54, 1.807) is 25.1 Å². The zero-order valence-electron chi connectivity index (χ0n) is 15.5. The van der Waals surface area contributed by atoms with E-state index in [1.165, 1.54) is 5.56 Å². The van der Waals surface area contributed by atoms with Gasteiger partial charge in [-0.05, 0) is 23.8 Å². The molecule has 0 fully saturated rings. The summed E-state index contributed by atoms with van der Waals surface area (Å²) < 4.78 is 7.62. The van der Waals surface area contributed by atoms with Crippen LogP contribution in [0.15, 0.2) is 84.3 Å². The summed E-state index contributed by atoms with van der Waals surface area (Å²) >= 11 is 1.65. The maximum Gasteiger partial charge on any atom is 0.192 e. The summed E-state index contributed by atoms with van der Waals surface area (Å²) in [4.78, 5) is 4.23. The van der Waals surface area contributed by atoms with E-state index in [4.69, 9.17) is 4.74 Å². The third-order valence-corrected chi connectivity index (χ3v) is 5.38. The van der Waals surface area contributed by atoms with E-state index in [-0.39, 0.29) is 0 Å². The molecule has 0 saturated heterocycles. The van der Waals surface area contributed by atoms with E-state index in [0.29, 0.717) is 6.54 Å². The Bertz CT molecular complexity index is 1030. The van der Waals surface area contributed by atoms with Gasteiger partial charge in [-0.25, -0.2) is 0 Å². The predicted molar refractivity (Wildman–Crippen MR) is 111 cm³/mol. The highest BCUT2D eigenvalue weighted by atomic mass is 32.2. The van der Waals surface area contributed by atoms with Crippen molar-refractivity contribution in [1.82, 2.24) is 19.7 Å². The monoisotopic (exact) mass is 388 g/mol. The van der Waals surface area contributed by atoms with Crippen molar-refractivity contribution in [3.63, 3.8) is 0 Å². The van der Waals surface area contributed by atoms with Crippen LogP contribution in [0.5, 0.6) is 5.75 Å². The Kier molecular flexibility index (Phi) is 5.68. The third-order valence-electron chi connectivity index (χ3n) is 4.37. The van der Waals surface area contributed by atoms with Crippen LogP contribution in [0.25, 0.3) is 11.4 Å². The molecule has 6 heteroatoms. The minimum atomic E-state index is 0.701. The molecule has 4 aromatic rings. The van der Waals surface area contributed by atoms with Gasteiger partial charge in [-0.1, -0.05) is 60.3 Å². The second-order valence-electron chi connectivity index (χ2n) is 6.22. The van der Waals surface area contributed by atoms with Gasteiger partial charge in [-0.15, -0.1) is 10.2 Å². The van der Waals surface area contributed by atoms with Crippen molar-refractivity contribution in [3.8, 4) is 17.1 Å². The van der Waals surface area contributed by atoms with E-state index >= 15 is 0 Å². The zero-order valence-corrected chi connectivity index (χ0v) is 16.3. The van der Waals surface area contributed by atoms with Crippen molar-refractivity contribution in [2.75, 3.05) is 7.11 Å². The fourth-order valence-corrected chi connectivity index (χ4v) is 3.91. The van der Waals surface area contributed by atoms with Gasteiger partial charge < -0.3 is 4.74 Å². The fourth-order valence-electron chi connectivity index (χ4n) is 2.98. The maximum absolute atomic E-state index is 5.47. The Morgan fingerprint density at radius 3 is 2.54 bits per heavy atom. The molecule has 0 amide bonds. The molecule has 2 aromatic carbocycles. The number of rotatable bonds is 7. The molecule has 0 saturated carbocycles. The lowest BCUT2D eigenvalue weighted by Gasteiger charge is -2.11. The molecule has 0 N–H and O–H groups in total. The summed E-state index contributed by atoms with van der Waals surface area (Å²) in [5.41, 5.74) is 3.29. The summed E-state index contributed by atoms with van der Waals surface area (Å²) in [6.07, 6.45) is 3.58. The van der Waals surface area contributed by atoms with Crippen LogP contribution in [0.2, 0.25) is 0 Å². The summed E-state index contributed by atoms with van der Waals surface area (Å²) in [6.45, 7) is 0.701. The standard InChI is InChI=1S/C22H20N4OS/c1-27-20-12-6-5-10-19(20)16-28-22-25-24-21(18-11-7-13-23-14-18)26(22)15-17-8-3-2-4-9-17/h2-14H,15-16H2,1H3. The minimum Gasteiger partial charge on any atom is -0.496 e. The van der Waals surface area contributed by atoms with Gasteiger partial charge in [0.1, 0.15) is 5.75 Å². The zero-order chi connectivity index (χ0) is 19.2. The van der Waals surface area contributed by atoms with E-state index in [2.05, 4.69) is 37.9 Å². The van der Waals surface area contributed by atoms with E-state index < -0.39 is 0 Å². The second kappa shape index (κ2) is 8.71. The normalized spacial score (nSPS) is 10.8. The number of hydrogen-bond donors (Lipinski definition) is 0. The molecule has 0 aliphatic carbocycles. The molecule has 2 heterocycles. The minimum absolute atomic E-state index is 0.701. The molecule has 2 aromatic heterocycles. The highest BCUT2D eigenvalue weighted by molar-refractivity contribution is 7.98. The molecule has 28 heavy (non-hydrogen) atoms. The first kappa shape index (κ1) is 18.3. The van der Waals surface area contributed by atoms with E-state index in [9.17, 15) is 0 Å². The van der Waals surface area contributed by atoms with Crippen molar-refractivity contribution in [2.45, 2.75) is 17.5 Å². The Morgan fingerprint density at radius 2 is 1.75 bits per heavy atom. The molecule has 140 valence electrons. The van der Waals surface area contributed by atoms with Crippen LogP contribution >= 0.6 is 11.8 Å². The van der Waals surface area contributed by atoms with Gasteiger partial charge in [0, 0.05) is 29.3 Å². The van der Waals surface area contributed by atoms with Crippen molar-refractivity contribution in [3.05, 3.63) is 90.3 Å². The maximum atomic E-state index is 5.47. The van der Waals surface area contributed by atoms with Gasteiger partial charge in [-0.3, -0.25) is 9.55 Å². The van der Waals surface area contributed by atoms with Crippen LogP contribution in [-0.4, -0.2) is 26.9 Å². The van der Waals surface area contributed by atoms with Crippen molar-refractivity contribution < 1.29 is 4.74 Å². The third kappa shape index (κ3) is 4.07.